The van der Waals surface area contributed by atoms with Gasteiger partial charge < -0.3 is 34.8 Å². The molecule has 492 valence electrons. The zero-order chi connectivity index (χ0) is 69.6. The molecule has 10 aromatic rings. The van der Waals surface area contributed by atoms with E-state index < -0.39 is 17.2 Å². The molecular formula is C80H84N8O8. The normalized spacial score (nSPS) is 11.0. The van der Waals surface area contributed by atoms with E-state index in [1.807, 2.05) is 180 Å². The first-order valence-electron chi connectivity index (χ1n) is 31.6. The summed E-state index contributed by atoms with van der Waals surface area (Å²) < 4.78 is 16.6. The molecule has 4 N–H and O–H groups in total. The molecule has 2 heterocycles. The van der Waals surface area contributed by atoms with Gasteiger partial charge in [0.05, 0.1) is 28.8 Å². The predicted octanol–water partition coefficient (Wildman–Crippen LogP) is 17.4. The minimum absolute atomic E-state index is 0.00482. The maximum Gasteiger partial charge on any atom is 0.407 e. The number of aliphatic imine (C=N–C) groups is 1. The van der Waals surface area contributed by atoms with Crippen LogP contribution in [-0.4, -0.2) is 83.8 Å². The Hall–Kier alpha value is -10.9. The van der Waals surface area contributed by atoms with Crippen LogP contribution in [0.15, 0.2) is 176 Å². The Morgan fingerprint density at radius 1 is 0.469 bits per heavy atom. The highest BCUT2D eigenvalue weighted by atomic mass is 16.6. The minimum atomic E-state index is -0.657. The molecule has 0 unspecified atom stereocenters. The number of benzene rings is 8. The van der Waals surface area contributed by atoms with E-state index in [4.69, 9.17) is 49.2 Å². The Labute approximate surface area is 563 Å². The van der Waals surface area contributed by atoms with Crippen molar-refractivity contribution < 1.29 is 39.1 Å². The molecule has 0 saturated carbocycles. The fourth-order valence-corrected chi connectivity index (χ4v) is 10.7. The molecule has 0 spiro atoms. The highest BCUT2D eigenvalue weighted by Gasteiger charge is 2.25. The SMILES string of the molecule is C=C(C)c1cccc(C(C)(C)N=C=O)c1.C=C(C)c1cccc(C(C)(C)NC(=O)OCCOc2ccc(-c3nc(-c4ccc(C)cc4C)nc(-c4ccc(C)cc4C)n3)c(O)c2)c1.Cc1ccc(-c2nc(-c3ccc(C)cc3C)nc(-c3ccc(OCCO)cc3O)n2)c(C)c1. The number of alkyl carbamates (subject to hydrolysis) is 1. The van der Waals surface area contributed by atoms with Crippen molar-refractivity contribution in [3.05, 3.63) is 238 Å². The van der Waals surface area contributed by atoms with Crippen LogP contribution in [0.2, 0.25) is 0 Å². The van der Waals surface area contributed by atoms with Gasteiger partial charge in [-0.25, -0.2) is 39.5 Å². The second-order valence-corrected chi connectivity index (χ2v) is 25.0. The van der Waals surface area contributed by atoms with Crippen molar-refractivity contribution in [2.24, 2.45) is 4.99 Å². The number of hydrogen-bond donors (Lipinski definition) is 4. The Kier molecular flexibility index (Phi) is 23.2. The van der Waals surface area contributed by atoms with Crippen LogP contribution >= 0.6 is 0 Å². The molecule has 96 heavy (non-hydrogen) atoms. The zero-order valence-electron chi connectivity index (χ0n) is 57.3. The minimum Gasteiger partial charge on any atom is -0.507 e. The van der Waals surface area contributed by atoms with Crippen LogP contribution < -0.4 is 14.8 Å². The monoisotopic (exact) mass is 1280 g/mol. The third kappa shape index (κ3) is 18.3. The number of nitrogens with zero attached hydrogens (tertiary/aromatic N) is 7. The highest BCUT2D eigenvalue weighted by Crippen LogP contribution is 2.37. The third-order valence-electron chi connectivity index (χ3n) is 16.0. The van der Waals surface area contributed by atoms with Gasteiger partial charge in [-0.05, 0) is 178 Å². The van der Waals surface area contributed by atoms with Gasteiger partial charge in [0.2, 0.25) is 6.08 Å². The van der Waals surface area contributed by atoms with Crippen molar-refractivity contribution >= 4 is 23.3 Å². The molecule has 0 aliphatic heterocycles. The first kappa shape index (κ1) is 70.9. The van der Waals surface area contributed by atoms with E-state index in [-0.39, 0.29) is 37.9 Å². The lowest BCUT2D eigenvalue weighted by Crippen LogP contribution is -2.41. The first-order chi connectivity index (χ1) is 45.6. The number of rotatable bonds is 19. The number of phenols is 2. The predicted molar refractivity (Wildman–Crippen MR) is 383 cm³/mol. The van der Waals surface area contributed by atoms with Crippen LogP contribution in [0.5, 0.6) is 23.0 Å². The topological polar surface area (TPSA) is 224 Å². The number of hydrogen-bond acceptors (Lipinski definition) is 15. The van der Waals surface area contributed by atoms with E-state index in [9.17, 15) is 19.8 Å². The summed E-state index contributed by atoms with van der Waals surface area (Å²) in [5.41, 5.74) is 18.2. The first-order valence-corrected chi connectivity index (χ1v) is 31.6. The molecule has 8 aromatic carbocycles. The molecule has 16 nitrogen and oxygen atoms in total. The van der Waals surface area contributed by atoms with Crippen molar-refractivity contribution in [2.75, 3.05) is 26.4 Å². The van der Waals surface area contributed by atoms with E-state index >= 15 is 0 Å². The van der Waals surface area contributed by atoms with E-state index in [0.29, 0.717) is 57.6 Å². The molecule has 0 saturated heterocycles. The number of isocyanates is 1. The molecule has 0 aliphatic rings. The zero-order valence-corrected chi connectivity index (χ0v) is 57.3. The van der Waals surface area contributed by atoms with Crippen LogP contribution in [0.1, 0.15) is 108 Å². The summed E-state index contributed by atoms with van der Waals surface area (Å²) in [6.07, 6.45) is 1.05. The summed E-state index contributed by atoms with van der Waals surface area (Å²) in [6.45, 7) is 35.9. The van der Waals surface area contributed by atoms with Gasteiger partial charge in [-0.2, -0.15) is 4.99 Å². The number of aliphatic hydroxyl groups excluding tert-OH is 1. The number of aryl methyl sites for hydroxylation is 8. The number of allylic oxidation sites excluding steroid dienone is 2. The smallest absolute Gasteiger partial charge is 0.407 e. The molecular weight excluding hydrogens is 1200 g/mol. The van der Waals surface area contributed by atoms with Gasteiger partial charge in [-0.1, -0.05) is 156 Å². The highest BCUT2D eigenvalue weighted by molar-refractivity contribution is 5.75. The quantitative estimate of drug-likeness (QED) is 0.0336. The van der Waals surface area contributed by atoms with Crippen molar-refractivity contribution in [3.8, 4) is 91.3 Å². The number of aromatic nitrogens is 6. The molecule has 0 aliphatic carbocycles. The van der Waals surface area contributed by atoms with Crippen LogP contribution in [-0.2, 0) is 20.6 Å². The molecule has 0 bridgehead atoms. The lowest BCUT2D eigenvalue weighted by Gasteiger charge is -2.27. The van der Waals surface area contributed by atoms with Gasteiger partial charge in [-0.3, -0.25) is 0 Å². The summed E-state index contributed by atoms with van der Waals surface area (Å²) in [5.74, 6) is 3.68. The number of ether oxygens (including phenoxy) is 3. The lowest BCUT2D eigenvalue weighted by molar-refractivity contribution is 0.116. The average Bonchev–Trinajstić information content (AvgIpc) is 0.812. The van der Waals surface area contributed by atoms with Crippen LogP contribution in [0.4, 0.5) is 4.79 Å². The molecule has 10 rings (SSSR count). The number of carbonyl (C=O) groups is 1. The number of nitrogens with one attached hydrogen (secondary N) is 1. The number of amides is 1. The standard InChI is InChI=1S/C40H42N4O4.C27H27N3O3.C13H15NO/c1-24(2)29-10-9-11-30(22-29)40(7,8)44-39(46)48-19-18-47-31-14-17-34(35(45)23-31)38-42-36(32-15-12-25(3)20-27(32)5)41-37(43-38)33-16-13-26(4)21-28(33)6;1-16-5-8-21(18(3)13-16)25-28-26(22-9-6-17(2)14-19(22)4)30-27(29-25)23-10-7-20(15-24(23)32)33-12-11-31;1-10(2)11-6-5-7-12(8-11)13(3,4)14-9-15/h9-17,20-23,45H,1,18-19H2,2-8H3,(H,44,46);5-10,13-15,31-32H,11-12H2,1-4H3;5-8H,1H2,2-4H3. The van der Waals surface area contributed by atoms with Crippen LogP contribution in [0, 0.1) is 55.4 Å². The van der Waals surface area contributed by atoms with E-state index in [1.165, 1.54) is 12.1 Å². The van der Waals surface area contributed by atoms with Gasteiger partial charge in [0.25, 0.3) is 0 Å². The van der Waals surface area contributed by atoms with Crippen molar-refractivity contribution in [2.45, 2.75) is 108 Å². The third-order valence-corrected chi connectivity index (χ3v) is 16.0. The molecule has 16 heteroatoms. The lowest BCUT2D eigenvalue weighted by atomic mass is 9.92. The number of aromatic hydroxyl groups is 2. The van der Waals surface area contributed by atoms with Gasteiger partial charge >= 0.3 is 6.09 Å². The van der Waals surface area contributed by atoms with Crippen molar-refractivity contribution in [1.82, 2.24) is 35.2 Å². The van der Waals surface area contributed by atoms with Crippen LogP contribution in [0.25, 0.3) is 79.5 Å². The summed E-state index contributed by atoms with van der Waals surface area (Å²) >= 11 is 0. The Bertz CT molecular complexity index is 4430. The second-order valence-electron chi connectivity index (χ2n) is 25.0. The number of carbonyl (C=O) groups excluding carboxylic acids is 2. The Morgan fingerprint density at radius 3 is 1.16 bits per heavy atom. The molecule has 2 aromatic heterocycles. The van der Waals surface area contributed by atoms with Gasteiger partial charge in [-0.15, -0.1) is 0 Å². The van der Waals surface area contributed by atoms with E-state index in [1.54, 1.807) is 30.3 Å². The summed E-state index contributed by atoms with van der Waals surface area (Å²) in [7, 11) is 0. The number of phenolic OH excluding ortho intramolecular Hbond substituents is 2. The summed E-state index contributed by atoms with van der Waals surface area (Å²) in [5, 5.41) is 33.7. The molecule has 0 fully saturated rings. The molecule has 0 atom stereocenters. The van der Waals surface area contributed by atoms with E-state index in [2.05, 4.69) is 61.6 Å². The van der Waals surface area contributed by atoms with Gasteiger partial charge in [0, 0.05) is 34.4 Å². The van der Waals surface area contributed by atoms with Gasteiger partial charge in [0.1, 0.15) is 42.8 Å². The molecule has 1 amide bonds. The molecule has 0 radical (unpaired) electrons. The fraction of sp³-hybridized carbons (Fsp3) is 0.250. The summed E-state index contributed by atoms with van der Waals surface area (Å²) in [4.78, 5) is 55.4. The van der Waals surface area contributed by atoms with E-state index in [0.717, 1.165) is 100 Å². The Balaban J connectivity index is 0.000000211. The van der Waals surface area contributed by atoms with Crippen LogP contribution in [0.3, 0.4) is 0 Å². The fourth-order valence-electron chi connectivity index (χ4n) is 10.7. The summed E-state index contributed by atoms with van der Waals surface area (Å²) in [6, 6.07) is 50.2. The van der Waals surface area contributed by atoms with Crippen molar-refractivity contribution in [3.63, 3.8) is 0 Å². The maximum atomic E-state index is 12.6. The number of aliphatic hydroxyl groups is 1. The average molecular weight is 1290 g/mol. The Morgan fingerprint density at radius 2 is 0.812 bits per heavy atom. The van der Waals surface area contributed by atoms with Gasteiger partial charge in [0.15, 0.2) is 34.9 Å². The van der Waals surface area contributed by atoms with Crippen molar-refractivity contribution in [1.29, 1.82) is 0 Å². The largest absolute Gasteiger partial charge is 0.507 e. The second kappa shape index (κ2) is 31.3. The maximum absolute atomic E-state index is 12.6.